The van der Waals surface area contributed by atoms with E-state index < -0.39 is 11.9 Å². The molecule has 0 radical (unpaired) electrons. The van der Waals surface area contributed by atoms with Crippen LogP contribution in [0.4, 0.5) is 0 Å². The van der Waals surface area contributed by atoms with Crippen LogP contribution in [0.1, 0.15) is 96.3 Å². The number of nitrogens with zero attached hydrogens (tertiary/aromatic N) is 1. The van der Waals surface area contributed by atoms with Crippen molar-refractivity contribution in [3.63, 3.8) is 0 Å². The van der Waals surface area contributed by atoms with E-state index in [9.17, 15) is 19.8 Å². The van der Waals surface area contributed by atoms with E-state index in [0.717, 1.165) is 38.5 Å². The molecule has 0 aliphatic heterocycles. The van der Waals surface area contributed by atoms with Crippen LogP contribution in [0, 0.1) is 0 Å². The van der Waals surface area contributed by atoms with Crippen LogP contribution < -0.4 is 5.11 Å². The number of carbonyl (C=O) groups excluding carboxylic acids is 1. The predicted molar refractivity (Wildman–Crippen MR) is 104 cm³/mol. The molecule has 154 valence electrons. The maximum atomic E-state index is 11.3. The molecule has 5 heteroatoms. The van der Waals surface area contributed by atoms with E-state index in [-0.39, 0.29) is 12.5 Å². The monoisotopic (exact) mass is 371 g/mol. The Morgan fingerprint density at radius 2 is 1.08 bits per heavy atom. The van der Waals surface area contributed by atoms with Gasteiger partial charge in [0.1, 0.15) is 0 Å². The Kier molecular flexibility index (Phi) is 14.4. The lowest BCUT2D eigenvalue weighted by molar-refractivity contribution is -0.887. The van der Waals surface area contributed by atoms with Gasteiger partial charge in [0, 0.05) is 12.4 Å². The first-order valence-electron chi connectivity index (χ1n) is 10.5. The number of rotatable bonds is 18. The molecule has 5 nitrogen and oxygen atoms in total. The third-order valence-corrected chi connectivity index (χ3v) is 5.08. The lowest BCUT2D eigenvalue weighted by Crippen LogP contribution is -2.49. The second-order valence-electron chi connectivity index (χ2n) is 8.48. The van der Waals surface area contributed by atoms with Crippen LogP contribution in [0.25, 0.3) is 0 Å². The normalized spacial score (nSPS) is 12.9. The Hall–Kier alpha value is -1.10. The molecule has 0 amide bonds. The number of carboxylic acid groups (broad SMARTS) is 2. The van der Waals surface area contributed by atoms with Crippen LogP contribution >= 0.6 is 0 Å². The quantitative estimate of drug-likeness (QED) is 0.294. The topological polar surface area (TPSA) is 77.4 Å². The summed E-state index contributed by atoms with van der Waals surface area (Å²) in [4.78, 5) is 21.6. The van der Waals surface area contributed by atoms with Crippen molar-refractivity contribution in [1.29, 1.82) is 0 Å². The number of quaternary nitrogens is 1. The molecule has 0 spiro atoms. The molecule has 0 saturated heterocycles. The van der Waals surface area contributed by atoms with E-state index >= 15 is 0 Å². The summed E-state index contributed by atoms with van der Waals surface area (Å²) in [7, 11) is 5.85. The number of carbonyl (C=O) groups is 2. The van der Waals surface area contributed by atoms with Gasteiger partial charge in [-0.25, -0.2) is 4.79 Å². The van der Waals surface area contributed by atoms with Gasteiger partial charge in [-0.3, -0.25) is 0 Å². The zero-order chi connectivity index (χ0) is 19.8. The van der Waals surface area contributed by atoms with Gasteiger partial charge < -0.3 is 19.5 Å². The van der Waals surface area contributed by atoms with Gasteiger partial charge in [-0.15, -0.1) is 0 Å². The predicted octanol–water partition coefficient (Wildman–Crippen LogP) is 3.75. The number of likely N-dealkylation sites (N-methyl/N-ethyl adjacent to an activating group) is 1. The largest absolute Gasteiger partial charge is 0.550 e. The fourth-order valence-corrected chi connectivity index (χ4v) is 3.39. The van der Waals surface area contributed by atoms with Gasteiger partial charge in [0.05, 0.1) is 21.1 Å². The van der Waals surface area contributed by atoms with Gasteiger partial charge >= 0.3 is 5.97 Å². The SMILES string of the molecule is C[N+](C)(C)C(CCCCCCCCCCCCCCCC(=O)[O-])C(=O)O. The molecular weight excluding hydrogens is 330 g/mol. The zero-order valence-electron chi connectivity index (χ0n) is 17.3. The van der Waals surface area contributed by atoms with Crippen molar-refractivity contribution in [2.45, 2.75) is 102 Å². The number of unbranched alkanes of at least 4 members (excludes halogenated alkanes) is 12. The van der Waals surface area contributed by atoms with Crippen LogP contribution in [-0.2, 0) is 9.59 Å². The first-order chi connectivity index (χ1) is 12.2. The summed E-state index contributed by atoms with van der Waals surface area (Å²) >= 11 is 0. The van der Waals surface area contributed by atoms with E-state index in [0.29, 0.717) is 4.48 Å². The number of carboxylic acids is 2. The maximum Gasteiger partial charge on any atom is 0.362 e. The van der Waals surface area contributed by atoms with Crippen molar-refractivity contribution >= 4 is 11.9 Å². The standard InChI is InChI=1S/C21H41NO4/c1-22(2,3)19(21(25)26)17-15-13-11-9-7-5-4-6-8-10-12-14-16-18-20(23)24/h19H,4-18H2,1-3H3,(H-,23,24,25,26). The van der Waals surface area contributed by atoms with Crippen LogP contribution in [0.3, 0.4) is 0 Å². The van der Waals surface area contributed by atoms with E-state index in [4.69, 9.17) is 0 Å². The van der Waals surface area contributed by atoms with Gasteiger partial charge in [-0.05, 0) is 19.3 Å². The van der Waals surface area contributed by atoms with E-state index in [2.05, 4.69) is 0 Å². The Morgan fingerprint density at radius 3 is 1.38 bits per heavy atom. The summed E-state index contributed by atoms with van der Waals surface area (Å²) in [6.45, 7) is 0. The fraction of sp³-hybridized carbons (Fsp3) is 0.905. The van der Waals surface area contributed by atoms with Crippen LogP contribution in [0.5, 0.6) is 0 Å². The molecule has 0 rings (SSSR count). The minimum absolute atomic E-state index is 0.201. The molecule has 0 aromatic rings. The van der Waals surface area contributed by atoms with Crippen LogP contribution in [0.15, 0.2) is 0 Å². The second kappa shape index (κ2) is 15.0. The molecule has 1 N–H and O–H groups in total. The highest BCUT2D eigenvalue weighted by Gasteiger charge is 2.30. The molecule has 0 saturated carbocycles. The molecule has 0 aliphatic carbocycles. The average Bonchev–Trinajstić information content (AvgIpc) is 2.52. The Bertz CT molecular complexity index is 377. The highest BCUT2D eigenvalue weighted by molar-refractivity contribution is 5.72. The molecular formula is C21H41NO4. The highest BCUT2D eigenvalue weighted by Crippen LogP contribution is 2.16. The lowest BCUT2D eigenvalue weighted by atomic mass is 10.0. The van der Waals surface area contributed by atoms with Gasteiger partial charge in [-0.2, -0.15) is 0 Å². The Balaban J connectivity index is 3.34. The summed E-state index contributed by atoms with van der Waals surface area (Å²) in [5.74, 6) is -1.61. The Morgan fingerprint density at radius 1 is 0.731 bits per heavy atom. The van der Waals surface area contributed by atoms with Crippen molar-refractivity contribution in [1.82, 2.24) is 0 Å². The molecule has 1 atom stereocenters. The average molecular weight is 372 g/mol. The smallest absolute Gasteiger partial charge is 0.362 e. The molecule has 0 aromatic heterocycles. The van der Waals surface area contributed by atoms with Gasteiger partial charge in [0.25, 0.3) is 0 Å². The molecule has 0 heterocycles. The number of aliphatic carboxylic acids is 2. The lowest BCUT2D eigenvalue weighted by Gasteiger charge is -2.31. The van der Waals surface area contributed by atoms with Crippen LogP contribution in [-0.4, -0.2) is 48.7 Å². The molecule has 0 aliphatic rings. The summed E-state index contributed by atoms with van der Waals surface area (Å²) < 4.78 is 0.492. The van der Waals surface area contributed by atoms with Crippen molar-refractivity contribution in [3.05, 3.63) is 0 Å². The summed E-state index contributed by atoms with van der Waals surface area (Å²) in [5, 5.41) is 19.6. The molecule has 26 heavy (non-hydrogen) atoms. The van der Waals surface area contributed by atoms with E-state index in [1.165, 1.54) is 51.4 Å². The maximum absolute atomic E-state index is 11.3. The van der Waals surface area contributed by atoms with Crippen molar-refractivity contribution in [2.24, 2.45) is 0 Å². The first kappa shape index (κ1) is 24.9. The molecule has 0 fully saturated rings. The number of hydrogen-bond acceptors (Lipinski definition) is 3. The van der Waals surface area contributed by atoms with E-state index in [1.54, 1.807) is 0 Å². The van der Waals surface area contributed by atoms with Gasteiger partial charge in [0.15, 0.2) is 6.04 Å². The second-order valence-corrected chi connectivity index (χ2v) is 8.48. The van der Waals surface area contributed by atoms with Gasteiger partial charge in [0.2, 0.25) is 0 Å². The minimum atomic E-state index is -0.930. The van der Waals surface area contributed by atoms with Crippen molar-refractivity contribution in [2.75, 3.05) is 21.1 Å². The van der Waals surface area contributed by atoms with Crippen LogP contribution in [0.2, 0.25) is 0 Å². The molecule has 1 unspecified atom stereocenters. The zero-order valence-corrected chi connectivity index (χ0v) is 17.3. The highest BCUT2D eigenvalue weighted by atomic mass is 16.4. The summed E-state index contributed by atoms with van der Waals surface area (Å²) in [6, 6.07) is -0.296. The van der Waals surface area contributed by atoms with Crippen molar-refractivity contribution in [3.8, 4) is 0 Å². The summed E-state index contributed by atoms with van der Waals surface area (Å²) in [5.41, 5.74) is 0. The third kappa shape index (κ3) is 15.2. The molecule has 0 bridgehead atoms. The third-order valence-electron chi connectivity index (χ3n) is 5.08. The summed E-state index contributed by atoms with van der Waals surface area (Å²) in [6.07, 6.45) is 16.1. The Labute approximate surface area is 160 Å². The van der Waals surface area contributed by atoms with Crippen molar-refractivity contribution < 1.29 is 24.3 Å². The molecule has 0 aromatic carbocycles. The van der Waals surface area contributed by atoms with Gasteiger partial charge in [-0.1, -0.05) is 70.6 Å². The number of hydrogen-bond donors (Lipinski definition) is 1. The fourth-order valence-electron chi connectivity index (χ4n) is 3.39. The minimum Gasteiger partial charge on any atom is -0.550 e. The first-order valence-corrected chi connectivity index (χ1v) is 10.5. The van der Waals surface area contributed by atoms with E-state index in [1.807, 2.05) is 21.1 Å².